The molecule has 1 N–H and O–H groups in total. The van der Waals surface area contributed by atoms with Crippen LogP contribution in [0.25, 0.3) is 0 Å². The lowest BCUT2D eigenvalue weighted by atomic mass is 10.0. The molecular weight excluding hydrogens is 158 g/mol. The molecule has 0 aliphatic heterocycles. The smallest absolute Gasteiger partial charge is 0.00642 e. The van der Waals surface area contributed by atoms with Gasteiger partial charge in [-0.3, -0.25) is 0 Å². The van der Waals surface area contributed by atoms with E-state index in [4.69, 9.17) is 0 Å². The van der Waals surface area contributed by atoms with Gasteiger partial charge in [0, 0.05) is 12.1 Å². The molecule has 0 aromatic carbocycles. The van der Waals surface area contributed by atoms with E-state index >= 15 is 0 Å². The number of hydrogen-bond acceptors (Lipinski definition) is 1. The van der Waals surface area contributed by atoms with Crippen LogP contribution >= 0.6 is 0 Å². The van der Waals surface area contributed by atoms with E-state index in [0.29, 0.717) is 12.1 Å². The molecular formula is C12H27N. The van der Waals surface area contributed by atoms with Gasteiger partial charge in [0.25, 0.3) is 0 Å². The van der Waals surface area contributed by atoms with E-state index in [2.05, 4.69) is 46.9 Å². The van der Waals surface area contributed by atoms with E-state index in [0.717, 1.165) is 11.8 Å². The second-order valence-corrected chi connectivity index (χ2v) is 5.07. The van der Waals surface area contributed by atoms with E-state index in [1.807, 2.05) is 0 Å². The fourth-order valence-corrected chi connectivity index (χ4v) is 1.31. The highest BCUT2D eigenvalue weighted by atomic mass is 14.9. The molecule has 0 heterocycles. The molecule has 0 bridgehead atoms. The van der Waals surface area contributed by atoms with Crippen LogP contribution in [0, 0.1) is 11.8 Å². The molecule has 0 aromatic heterocycles. The summed E-state index contributed by atoms with van der Waals surface area (Å²) < 4.78 is 0. The van der Waals surface area contributed by atoms with E-state index < -0.39 is 0 Å². The van der Waals surface area contributed by atoms with E-state index in [1.54, 1.807) is 0 Å². The average molecular weight is 185 g/mol. The third-order valence-corrected chi connectivity index (χ3v) is 2.72. The van der Waals surface area contributed by atoms with Crippen LogP contribution in [0.3, 0.4) is 0 Å². The van der Waals surface area contributed by atoms with Crippen LogP contribution in [0.1, 0.15) is 54.4 Å². The van der Waals surface area contributed by atoms with Crippen LogP contribution in [0.2, 0.25) is 0 Å². The van der Waals surface area contributed by atoms with Crippen molar-refractivity contribution in [2.45, 2.75) is 66.5 Å². The summed E-state index contributed by atoms with van der Waals surface area (Å²) in [6.07, 6.45) is 2.63. The first-order valence-electron chi connectivity index (χ1n) is 5.69. The molecule has 0 fully saturated rings. The summed E-state index contributed by atoms with van der Waals surface area (Å²) in [5, 5.41) is 3.63. The molecule has 0 saturated carbocycles. The first kappa shape index (κ1) is 13.0. The molecule has 1 heteroatoms. The Morgan fingerprint density at radius 3 is 1.77 bits per heavy atom. The van der Waals surface area contributed by atoms with Crippen molar-refractivity contribution in [1.29, 1.82) is 0 Å². The Labute approximate surface area is 84.3 Å². The van der Waals surface area contributed by atoms with Crippen molar-refractivity contribution in [3.8, 4) is 0 Å². The maximum absolute atomic E-state index is 3.63. The minimum absolute atomic E-state index is 0.641. The predicted octanol–water partition coefficient (Wildman–Crippen LogP) is 3.45. The monoisotopic (exact) mass is 185 g/mol. The maximum Gasteiger partial charge on any atom is 0.00642 e. The molecule has 0 aromatic rings. The SMILES string of the molecule is CC(C)CC[C@@H](C)N[C@@H](C)C(C)C. The molecule has 0 aliphatic carbocycles. The highest BCUT2D eigenvalue weighted by Gasteiger charge is 2.10. The lowest BCUT2D eigenvalue weighted by Gasteiger charge is -2.23. The molecule has 2 atom stereocenters. The molecule has 0 aliphatic rings. The van der Waals surface area contributed by atoms with Crippen LogP contribution in [0.15, 0.2) is 0 Å². The second kappa shape index (κ2) is 6.42. The van der Waals surface area contributed by atoms with Gasteiger partial charge >= 0.3 is 0 Å². The summed E-state index contributed by atoms with van der Waals surface area (Å²) in [5.74, 6) is 1.57. The zero-order valence-corrected chi connectivity index (χ0v) is 10.2. The quantitative estimate of drug-likeness (QED) is 0.668. The normalized spacial score (nSPS) is 16.6. The molecule has 0 spiro atoms. The lowest BCUT2D eigenvalue weighted by Crippen LogP contribution is -2.37. The van der Waals surface area contributed by atoms with Crippen molar-refractivity contribution in [3.63, 3.8) is 0 Å². The van der Waals surface area contributed by atoms with E-state index in [9.17, 15) is 0 Å². The van der Waals surface area contributed by atoms with Crippen molar-refractivity contribution in [2.75, 3.05) is 0 Å². The maximum atomic E-state index is 3.63. The summed E-state index contributed by atoms with van der Waals surface area (Å²) in [5.41, 5.74) is 0. The molecule has 0 rings (SSSR count). The largest absolute Gasteiger partial charge is 0.312 e. The fraction of sp³-hybridized carbons (Fsp3) is 1.00. The van der Waals surface area contributed by atoms with Crippen molar-refractivity contribution >= 4 is 0 Å². The summed E-state index contributed by atoms with van der Waals surface area (Å²) in [4.78, 5) is 0. The molecule has 0 unspecified atom stereocenters. The summed E-state index contributed by atoms with van der Waals surface area (Å²) in [7, 11) is 0. The van der Waals surface area contributed by atoms with Gasteiger partial charge in [-0.05, 0) is 38.5 Å². The topological polar surface area (TPSA) is 12.0 Å². The third-order valence-electron chi connectivity index (χ3n) is 2.72. The Balaban J connectivity index is 3.55. The van der Waals surface area contributed by atoms with E-state index in [-0.39, 0.29) is 0 Å². The fourth-order valence-electron chi connectivity index (χ4n) is 1.31. The minimum Gasteiger partial charge on any atom is -0.312 e. The van der Waals surface area contributed by atoms with Crippen LogP contribution in [-0.4, -0.2) is 12.1 Å². The van der Waals surface area contributed by atoms with Crippen LogP contribution < -0.4 is 5.32 Å². The van der Waals surface area contributed by atoms with Gasteiger partial charge in [-0.25, -0.2) is 0 Å². The Morgan fingerprint density at radius 1 is 0.846 bits per heavy atom. The van der Waals surface area contributed by atoms with Gasteiger partial charge < -0.3 is 5.32 Å². The number of rotatable bonds is 6. The average Bonchev–Trinajstić information content (AvgIpc) is 2.00. The summed E-state index contributed by atoms with van der Waals surface area (Å²) in [6.45, 7) is 13.7. The highest BCUT2D eigenvalue weighted by molar-refractivity contribution is 4.70. The first-order chi connectivity index (χ1) is 5.93. The Hall–Kier alpha value is -0.0400. The van der Waals surface area contributed by atoms with Gasteiger partial charge in [0.05, 0.1) is 0 Å². The van der Waals surface area contributed by atoms with Gasteiger partial charge in [-0.2, -0.15) is 0 Å². The number of hydrogen-bond donors (Lipinski definition) is 1. The third kappa shape index (κ3) is 7.06. The standard InChI is InChI=1S/C12H27N/c1-9(2)7-8-11(5)13-12(6)10(3)4/h9-13H,7-8H2,1-6H3/t11-,12+/m1/s1. The molecule has 0 amide bonds. The van der Waals surface area contributed by atoms with E-state index in [1.165, 1.54) is 12.8 Å². The summed E-state index contributed by atoms with van der Waals surface area (Å²) >= 11 is 0. The van der Waals surface area contributed by atoms with Crippen molar-refractivity contribution in [3.05, 3.63) is 0 Å². The highest BCUT2D eigenvalue weighted by Crippen LogP contribution is 2.08. The minimum atomic E-state index is 0.641. The van der Waals surface area contributed by atoms with Crippen LogP contribution in [0.5, 0.6) is 0 Å². The van der Waals surface area contributed by atoms with Gasteiger partial charge in [-0.15, -0.1) is 0 Å². The van der Waals surface area contributed by atoms with Gasteiger partial charge in [0.1, 0.15) is 0 Å². The number of nitrogens with one attached hydrogen (secondary N) is 1. The molecule has 13 heavy (non-hydrogen) atoms. The zero-order valence-electron chi connectivity index (χ0n) is 10.2. The molecule has 1 nitrogen and oxygen atoms in total. The van der Waals surface area contributed by atoms with Crippen molar-refractivity contribution in [2.24, 2.45) is 11.8 Å². The summed E-state index contributed by atoms with van der Waals surface area (Å²) in [6, 6.07) is 1.31. The van der Waals surface area contributed by atoms with Gasteiger partial charge in [0.2, 0.25) is 0 Å². The zero-order chi connectivity index (χ0) is 10.4. The Bertz CT molecular complexity index is 118. The molecule has 80 valence electrons. The lowest BCUT2D eigenvalue weighted by molar-refractivity contribution is 0.357. The Kier molecular flexibility index (Phi) is 6.40. The van der Waals surface area contributed by atoms with Crippen LogP contribution in [-0.2, 0) is 0 Å². The van der Waals surface area contributed by atoms with Crippen molar-refractivity contribution < 1.29 is 0 Å². The molecule has 0 radical (unpaired) electrons. The molecule has 0 saturated heterocycles. The van der Waals surface area contributed by atoms with Crippen LogP contribution in [0.4, 0.5) is 0 Å². The first-order valence-corrected chi connectivity index (χ1v) is 5.69. The predicted molar refractivity (Wildman–Crippen MR) is 61.0 cm³/mol. The van der Waals surface area contributed by atoms with Crippen molar-refractivity contribution in [1.82, 2.24) is 5.32 Å². The van der Waals surface area contributed by atoms with Gasteiger partial charge in [0.15, 0.2) is 0 Å². The second-order valence-electron chi connectivity index (χ2n) is 5.07. The van der Waals surface area contributed by atoms with Gasteiger partial charge in [-0.1, -0.05) is 27.7 Å². The Morgan fingerprint density at radius 2 is 1.38 bits per heavy atom.